The van der Waals surface area contributed by atoms with E-state index in [9.17, 15) is 9.59 Å². The molecule has 2 aromatic heterocycles. The lowest BCUT2D eigenvalue weighted by Crippen LogP contribution is -2.38. The molecule has 0 radical (unpaired) electrons. The third-order valence-corrected chi connectivity index (χ3v) is 6.84. The van der Waals surface area contributed by atoms with E-state index in [1.54, 1.807) is 35.6 Å². The molecule has 0 saturated heterocycles. The first-order valence-corrected chi connectivity index (χ1v) is 12.2. The molecule has 1 aliphatic heterocycles. The van der Waals surface area contributed by atoms with Crippen LogP contribution in [0.4, 0.5) is 11.4 Å². The Bertz CT molecular complexity index is 1370. The maximum absolute atomic E-state index is 13.6. The van der Waals surface area contributed by atoms with Crippen molar-refractivity contribution >= 4 is 34.7 Å². The minimum absolute atomic E-state index is 0.00249. The van der Waals surface area contributed by atoms with E-state index in [1.165, 1.54) is 6.92 Å². The van der Waals surface area contributed by atoms with E-state index in [-0.39, 0.29) is 17.1 Å². The van der Waals surface area contributed by atoms with E-state index in [0.717, 1.165) is 11.4 Å². The Kier molecular flexibility index (Phi) is 6.26. The Morgan fingerprint density at radius 3 is 2.75 bits per heavy atom. The van der Waals surface area contributed by atoms with Gasteiger partial charge in [0.25, 0.3) is 0 Å². The summed E-state index contributed by atoms with van der Waals surface area (Å²) >= 11 is 6.83. The molecular weight excluding hydrogens is 476 g/mol. The molecule has 5 rings (SSSR count). The van der Waals surface area contributed by atoms with Gasteiger partial charge in [0, 0.05) is 42.0 Å². The van der Waals surface area contributed by atoms with Gasteiger partial charge in [-0.15, -0.1) is 0 Å². The smallest absolute Gasteiger partial charge is 0.224 e. The topological polar surface area (TPSA) is 84.4 Å². The summed E-state index contributed by atoms with van der Waals surface area (Å²) in [4.78, 5) is 36.9. The van der Waals surface area contributed by atoms with Crippen LogP contribution in [0.2, 0.25) is 5.02 Å². The highest BCUT2D eigenvalue weighted by Gasteiger charge is 2.43. The molecular formula is C28H27ClN4O3. The second-order valence-corrected chi connectivity index (χ2v) is 10.3. The Balaban J connectivity index is 1.60. The van der Waals surface area contributed by atoms with Crippen molar-refractivity contribution in [2.24, 2.45) is 5.41 Å². The van der Waals surface area contributed by atoms with Crippen molar-refractivity contribution in [1.82, 2.24) is 9.97 Å². The molecule has 1 amide bonds. The van der Waals surface area contributed by atoms with Crippen LogP contribution in [0.5, 0.6) is 5.75 Å². The second kappa shape index (κ2) is 9.39. The SMILES string of the molecule is CC(=O)N1c2ccncc2NC2=C(C(=O)CC(C)(C)C2)C1c1ccc(OCc2ccccn2)cc1Cl. The molecule has 1 atom stereocenters. The van der Waals surface area contributed by atoms with Crippen LogP contribution in [-0.2, 0) is 16.2 Å². The van der Waals surface area contributed by atoms with E-state index in [0.29, 0.717) is 52.7 Å². The number of rotatable bonds is 4. The van der Waals surface area contributed by atoms with Gasteiger partial charge in [-0.1, -0.05) is 37.6 Å². The highest BCUT2D eigenvalue weighted by molar-refractivity contribution is 6.31. The number of allylic oxidation sites excluding steroid dienone is 1. The second-order valence-electron chi connectivity index (χ2n) is 9.94. The van der Waals surface area contributed by atoms with Gasteiger partial charge in [-0.05, 0) is 47.7 Å². The average Bonchev–Trinajstić information content (AvgIpc) is 2.97. The molecule has 0 spiro atoms. The number of fused-ring (bicyclic) bond motifs is 1. The van der Waals surface area contributed by atoms with Gasteiger partial charge in [0.2, 0.25) is 5.91 Å². The number of benzene rings is 1. The van der Waals surface area contributed by atoms with Crippen LogP contribution in [-0.4, -0.2) is 21.7 Å². The summed E-state index contributed by atoms with van der Waals surface area (Å²) in [5.41, 5.74) is 3.92. The monoisotopic (exact) mass is 502 g/mol. The molecule has 7 nitrogen and oxygen atoms in total. The molecule has 184 valence electrons. The molecule has 36 heavy (non-hydrogen) atoms. The summed E-state index contributed by atoms with van der Waals surface area (Å²) < 4.78 is 5.90. The minimum atomic E-state index is -0.686. The maximum Gasteiger partial charge on any atom is 0.224 e. The average molecular weight is 503 g/mol. The van der Waals surface area contributed by atoms with E-state index in [2.05, 4.69) is 29.1 Å². The van der Waals surface area contributed by atoms with E-state index >= 15 is 0 Å². The third kappa shape index (κ3) is 4.58. The lowest BCUT2D eigenvalue weighted by atomic mass is 9.73. The summed E-state index contributed by atoms with van der Waals surface area (Å²) in [6.07, 6.45) is 6.08. The molecule has 1 aliphatic carbocycles. The molecule has 0 saturated carbocycles. The summed E-state index contributed by atoms with van der Waals surface area (Å²) in [5.74, 6) is 0.370. The molecule has 1 unspecified atom stereocenters. The van der Waals surface area contributed by atoms with Crippen LogP contribution in [0.3, 0.4) is 0 Å². The van der Waals surface area contributed by atoms with Gasteiger partial charge in [0.15, 0.2) is 5.78 Å². The zero-order valence-corrected chi connectivity index (χ0v) is 21.2. The predicted molar refractivity (Wildman–Crippen MR) is 139 cm³/mol. The number of hydrogen-bond donors (Lipinski definition) is 1. The van der Waals surface area contributed by atoms with Crippen LogP contribution in [0.15, 0.2) is 72.3 Å². The van der Waals surface area contributed by atoms with E-state index < -0.39 is 6.04 Å². The summed E-state index contributed by atoms with van der Waals surface area (Å²) in [6, 6.07) is 12.1. The maximum atomic E-state index is 13.6. The van der Waals surface area contributed by atoms with Crippen LogP contribution >= 0.6 is 11.6 Å². The van der Waals surface area contributed by atoms with Crippen molar-refractivity contribution in [3.8, 4) is 5.75 Å². The summed E-state index contributed by atoms with van der Waals surface area (Å²) in [6.45, 7) is 5.94. The van der Waals surface area contributed by atoms with Crippen LogP contribution in [0, 0.1) is 5.41 Å². The zero-order chi connectivity index (χ0) is 25.4. The van der Waals surface area contributed by atoms with Crippen LogP contribution in [0.25, 0.3) is 0 Å². The van der Waals surface area contributed by atoms with Gasteiger partial charge in [-0.25, -0.2) is 0 Å². The van der Waals surface area contributed by atoms with Gasteiger partial charge in [-0.3, -0.25) is 24.5 Å². The number of pyridine rings is 2. The molecule has 3 aromatic rings. The van der Waals surface area contributed by atoms with Gasteiger partial charge >= 0.3 is 0 Å². The van der Waals surface area contributed by atoms with Crippen LogP contribution in [0.1, 0.15) is 50.9 Å². The Morgan fingerprint density at radius 1 is 1.19 bits per heavy atom. The Hall–Kier alpha value is -3.71. The molecule has 8 heteroatoms. The minimum Gasteiger partial charge on any atom is -0.487 e. The number of anilines is 2. The largest absolute Gasteiger partial charge is 0.487 e. The molecule has 2 aliphatic rings. The number of carbonyl (C=O) groups is 2. The van der Waals surface area contributed by atoms with Crippen molar-refractivity contribution in [3.63, 3.8) is 0 Å². The third-order valence-electron chi connectivity index (χ3n) is 6.51. The number of carbonyl (C=O) groups excluding carboxylic acids is 2. The predicted octanol–water partition coefficient (Wildman–Crippen LogP) is 5.87. The van der Waals surface area contributed by atoms with E-state index in [4.69, 9.17) is 16.3 Å². The fraction of sp³-hybridized carbons (Fsp3) is 0.286. The van der Waals surface area contributed by atoms with Gasteiger partial charge in [-0.2, -0.15) is 0 Å². The molecule has 0 bridgehead atoms. The fourth-order valence-corrected chi connectivity index (χ4v) is 5.27. The fourth-order valence-electron chi connectivity index (χ4n) is 4.99. The number of ether oxygens (including phenoxy) is 1. The van der Waals surface area contributed by atoms with Gasteiger partial charge in [0.1, 0.15) is 12.4 Å². The Labute approximate surface area is 215 Å². The number of Topliss-reactive ketones (excluding diaryl/α,β-unsaturated/α-hetero) is 1. The zero-order valence-electron chi connectivity index (χ0n) is 20.4. The molecule has 1 N–H and O–H groups in total. The first-order valence-electron chi connectivity index (χ1n) is 11.8. The van der Waals surface area contributed by atoms with Crippen molar-refractivity contribution in [2.45, 2.75) is 46.3 Å². The lowest BCUT2D eigenvalue weighted by molar-refractivity contribution is -0.118. The summed E-state index contributed by atoms with van der Waals surface area (Å²) in [5, 5.41) is 3.84. The van der Waals surface area contributed by atoms with Crippen molar-refractivity contribution in [3.05, 3.63) is 88.6 Å². The van der Waals surface area contributed by atoms with Crippen molar-refractivity contribution in [1.29, 1.82) is 0 Å². The first-order chi connectivity index (χ1) is 17.2. The Morgan fingerprint density at radius 2 is 2.03 bits per heavy atom. The number of nitrogens with zero attached hydrogens (tertiary/aromatic N) is 3. The highest BCUT2D eigenvalue weighted by Crippen LogP contribution is 2.49. The quantitative estimate of drug-likeness (QED) is 0.480. The highest BCUT2D eigenvalue weighted by atomic mass is 35.5. The van der Waals surface area contributed by atoms with Crippen molar-refractivity contribution < 1.29 is 14.3 Å². The molecule has 3 heterocycles. The lowest BCUT2D eigenvalue weighted by Gasteiger charge is -2.37. The number of amides is 1. The van der Waals surface area contributed by atoms with E-state index in [1.807, 2.05) is 30.3 Å². The number of ketones is 1. The van der Waals surface area contributed by atoms with Crippen LogP contribution < -0.4 is 15.0 Å². The number of halogens is 1. The standard InChI is InChI=1S/C28H27ClN4O3/c1-17(34)33-24-9-11-30-15-23(24)32-22-13-28(2,3)14-25(35)26(22)27(33)20-8-7-19(12-21(20)29)36-16-18-6-4-5-10-31-18/h4-12,15,27,32H,13-14,16H2,1-3H3. The summed E-state index contributed by atoms with van der Waals surface area (Å²) in [7, 11) is 0. The molecule has 1 aromatic carbocycles. The van der Waals surface area contributed by atoms with Crippen molar-refractivity contribution in [2.75, 3.05) is 10.2 Å². The number of nitrogens with one attached hydrogen (secondary N) is 1. The normalized spacial score (nSPS) is 18.6. The number of aromatic nitrogens is 2. The first kappa shape index (κ1) is 24.0. The number of hydrogen-bond acceptors (Lipinski definition) is 6. The van der Waals surface area contributed by atoms with Gasteiger partial charge < -0.3 is 10.1 Å². The molecule has 0 fully saturated rings. The van der Waals surface area contributed by atoms with Gasteiger partial charge in [0.05, 0.1) is 29.3 Å².